The average molecular weight is 226 g/mol. The SMILES string of the molecule is N#Cc1cc(CO)cc(CBr)c1. The Bertz CT molecular complexity index is 295. The van der Waals surface area contributed by atoms with Gasteiger partial charge in [0.2, 0.25) is 0 Å². The standard InChI is InChI=1S/C9H8BrNO/c10-4-7-1-8(5-11)3-9(2-7)6-12/h1-3,12H,4,6H2. The van der Waals surface area contributed by atoms with Crippen molar-refractivity contribution in [1.82, 2.24) is 0 Å². The smallest absolute Gasteiger partial charge is 0.0991 e. The molecule has 1 rings (SSSR count). The summed E-state index contributed by atoms with van der Waals surface area (Å²) < 4.78 is 0. The lowest BCUT2D eigenvalue weighted by Gasteiger charge is -2.00. The topological polar surface area (TPSA) is 44.0 Å². The predicted octanol–water partition coefficient (Wildman–Crippen LogP) is 1.95. The Balaban J connectivity index is 3.12. The number of hydrogen-bond acceptors (Lipinski definition) is 2. The van der Waals surface area contributed by atoms with Crippen LogP contribution in [0.2, 0.25) is 0 Å². The number of aliphatic hydroxyl groups excluding tert-OH is 1. The second-order valence-electron chi connectivity index (χ2n) is 2.44. The van der Waals surface area contributed by atoms with Crippen molar-refractivity contribution in [2.75, 3.05) is 0 Å². The van der Waals surface area contributed by atoms with E-state index in [1.165, 1.54) is 0 Å². The van der Waals surface area contributed by atoms with Gasteiger partial charge in [0.15, 0.2) is 0 Å². The third-order valence-electron chi connectivity index (χ3n) is 1.52. The molecule has 0 fully saturated rings. The highest BCUT2D eigenvalue weighted by atomic mass is 79.9. The summed E-state index contributed by atoms with van der Waals surface area (Å²) in [7, 11) is 0. The fourth-order valence-electron chi connectivity index (χ4n) is 0.996. The van der Waals surface area contributed by atoms with E-state index in [9.17, 15) is 0 Å². The second-order valence-corrected chi connectivity index (χ2v) is 3.00. The predicted molar refractivity (Wildman–Crippen MR) is 49.7 cm³/mol. The van der Waals surface area contributed by atoms with Crippen LogP contribution in [-0.2, 0) is 11.9 Å². The molecule has 0 saturated heterocycles. The van der Waals surface area contributed by atoms with E-state index in [-0.39, 0.29) is 6.61 Å². The Morgan fingerprint density at radius 2 is 2.00 bits per heavy atom. The summed E-state index contributed by atoms with van der Waals surface area (Å²) in [5.41, 5.74) is 2.39. The minimum Gasteiger partial charge on any atom is -0.392 e. The molecule has 3 heteroatoms. The highest BCUT2D eigenvalue weighted by Gasteiger charge is 1.98. The Kier molecular flexibility index (Phi) is 3.27. The van der Waals surface area contributed by atoms with Crippen LogP contribution in [0.15, 0.2) is 18.2 Å². The number of benzene rings is 1. The fraction of sp³-hybridized carbons (Fsp3) is 0.222. The molecule has 62 valence electrons. The summed E-state index contributed by atoms with van der Waals surface area (Å²) in [6.07, 6.45) is 0. The summed E-state index contributed by atoms with van der Waals surface area (Å²) in [4.78, 5) is 0. The molecule has 0 aromatic heterocycles. The highest BCUT2D eigenvalue weighted by Crippen LogP contribution is 2.12. The Morgan fingerprint density at radius 1 is 1.33 bits per heavy atom. The van der Waals surface area contributed by atoms with E-state index in [0.717, 1.165) is 11.1 Å². The molecule has 0 aliphatic heterocycles. The van der Waals surface area contributed by atoms with Crippen LogP contribution < -0.4 is 0 Å². The minimum atomic E-state index is -0.0183. The average Bonchev–Trinajstić information content (AvgIpc) is 2.16. The molecule has 1 aromatic carbocycles. The van der Waals surface area contributed by atoms with Crippen molar-refractivity contribution in [2.45, 2.75) is 11.9 Å². The van der Waals surface area contributed by atoms with Crippen molar-refractivity contribution in [3.63, 3.8) is 0 Å². The molecule has 1 aromatic rings. The van der Waals surface area contributed by atoms with E-state index in [4.69, 9.17) is 10.4 Å². The summed E-state index contributed by atoms with van der Waals surface area (Å²) in [5.74, 6) is 0. The molecule has 0 radical (unpaired) electrons. The Labute approximate surface area is 79.6 Å². The molecular weight excluding hydrogens is 218 g/mol. The second kappa shape index (κ2) is 4.24. The van der Waals surface area contributed by atoms with Crippen LogP contribution in [0.3, 0.4) is 0 Å². The van der Waals surface area contributed by atoms with E-state index >= 15 is 0 Å². The molecule has 0 bridgehead atoms. The van der Waals surface area contributed by atoms with Crippen molar-refractivity contribution in [1.29, 1.82) is 5.26 Å². The van der Waals surface area contributed by atoms with Crippen LogP contribution in [0.4, 0.5) is 0 Å². The van der Waals surface area contributed by atoms with Crippen LogP contribution in [0.5, 0.6) is 0 Å². The first kappa shape index (κ1) is 9.24. The summed E-state index contributed by atoms with van der Waals surface area (Å²) in [6, 6.07) is 7.40. The van der Waals surface area contributed by atoms with Gasteiger partial charge in [-0.1, -0.05) is 22.0 Å². The first-order valence-electron chi connectivity index (χ1n) is 3.50. The van der Waals surface area contributed by atoms with Crippen molar-refractivity contribution in [2.24, 2.45) is 0 Å². The Morgan fingerprint density at radius 3 is 2.50 bits per heavy atom. The van der Waals surface area contributed by atoms with Crippen LogP contribution in [0.25, 0.3) is 0 Å². The number of rotatable bonds is 2. The maximum atomic E-state index is 8.85. The molecule has 2 nitrogen and oxygen atoms in total. The fourth-order valence-corrected chi connectivity index (χ4v) is 1.32. The van der Waals surface area contributed by atoms with E-state index in [1.807, 2.05) is 12.1 Å². The molecule has 0 atom stereocenters. The van der Waals surface area contributed by atoms with Crippen molar-refractivity contribution in [3.05, 3.63) is 34.9 Å². The van der Waals surface area contributed by atoms with Crippen molar-refractivity contribution < 1.29 is 5.11 Å². The molecule has 0 heterocycles. The van der Waals surface area contributed by atoms with Gasteiger partial charge < -0.3 is 5.11 Å². The largest absolute Gasteiger partial charge is 0.392 e. The van der Waals surface area contributed by atoms with Gasteiger partial charge in [-0.2, -0.15) is 5.26 Å². The monoisotopic (exact) mass is 225 g/mol. The van der Waals surface area contributed by atoms with Gasteiger partial charge in [-0.3, -0.25) is 0 Å². The number of aliphatic hydroxyl groups is 1. The first-order valence-corrected chi connectivity index (χ1v) is 4.62. The van der Waals surface area contributed by atoms with Gasteiger partial charge >= 0.3 is 0 Å². The van der Waals surface area contributed by atoms with Crippen LogP contribution >= 0.6 is 15.9 Å². The quantitative estimate of drug-likeness (QED) is 0.783. The first-order chi connectivity index (χ1) is 5.80. The molecule has 0 aliphatic carbocycles. The van der Waals surface area contributed by atoms with Crippen LogP contribution in [0.1, 0.15) is 16.7 Å². The Hall–Kier alpha value is -0.850. The van der Waals surface area contributed by atoms with Gasteiger partial charge in [0, 0.05) is 5.33 Å². The number of alkyl halides is 1. The third kappa shape index (κ3) is 2.07. The van der Waals surface area contributed by atoms with E-state index in [1.54, 1.807) is 12.1 Å². The number of halogens is 1. The highest BCUT2D eigenvalue weighted by molar-refractivity contribution is 9.08. The minimum absolute atomic E-state index is 0.0183. The summed E-state index contributed by atoms with van der Waals surface area (Å²) >= 11 is 3.29. The maximum Gasteiger partial charge on any atom is 0.0991 e. The lowest BCUT2D eigenvalue weighted by Crippen LogP contribution is -1.88. The summed E-state index contributed by atoms with van der Waals surface area (Å²) in [5, 5.41) is 18.2. The maximum absolute atomic E-state index is 8.85. The molecule has 0 unspecified atom stereocenters. The normalized spacial score (nSPS) is 9.42. The van der Waals surface area contributed by atoms with Crippen LogP contribution in [-0.4, -0.2) is 5.11 Å². The van der Waals surface area contributed by atoms with E-state index < -0.39 is 0 Å². The van der Waals surface area contributed by atoms with Gasteiger partial charge in [0.1, 0.15) is 0 Å². The molecule has 0 spiro atoms. The lowest BCUT2D eigenvalue weighted by molar-refractivity contribution is 0.281. The van der Waals surface area contributed by atoms with Crippen LogP contribution in [0, 0.1) is 11.3 Å². The number of nitrogens with zero attached hydrogens (tertiary/aromatic N) is 1. The van der Waals surface area contributed by atoms with Gasteiger partial charge in [0.25, 0.3) is 0 Å². The van der Waals surface area contributed by atoms with Gasteiger partial charge in [-0.25, -0.2) is 0 Å². The van der Waals surface area contributed by atoms with Gasteiger partial charge in [-0.05, 0) is 23.3 Å². The van der Waals surface area contributed by atoms with Crippen molar-refractivity contribution >= 4 is 15.9 Å². The van der Waals surface area contributed by atoms with Gasteiger partial charge in [0.05, 0.1) is 18.2 Å². The third-order valence-corrected chi connectivity index (χ3v) is 2.17. The summed E-state index contributed by atoms with van der Waals surface area (Å²) in [6.45, 7) is -0.0183. The molecule has 0 aliphatic rings. The zero-order valence-electron chi connectivity index (χ0n) is 6.42. The zero-order valence-corrected chi connectivity index (χ0v) is 8.00. The molecule has 12 heavy (non-hydrogen) atoms. The number of hydrogen-bond donors (Lipinski definition) is 1. The van der Waals surface area contributed by atoms with Gasteiger partial charge in [-0.15, -0.1) is 0 Å². The van der Waals surface area contributed by atoms with E-state index in [0.29, 0.717) is 10.9 Å². The molecule has 1 N–H and O–H groups in total. The molecule has 0 saturated carbocycles. The van der Waals surface area contributed by atoms with Crippen molar-refractivity contribution in [3.8, 4) is 6.07 Å². The zero-order chi connectivity index (χ0) is 8.97. The number of nitriles is 1. The van der Waals surface area contributed by atoms with E-state index in [2.05, 4.69) is 15.9 Å². The molecular formula is C9H8BrNO. The molecule has 0 amide bonds. The lowest BCUT2D eigenvalue weighted by atomic mass is 10.1.